The number of carboxylic acids is 1. The highest BCUT2D eigenvalue weighted by atomic mass is 35.5. The van der Waals surface area contributed by atoms with E-state index in [9.17, 15) is 14.4 Å². The van der Waals surface area contributed by atoms with Crippen LogP contribution in [0.25, 0.3) is 0 Å². The van der Waals surface area contributed by atoms with Gasteiger partial charge in [-0.25, -0.2) is 4.79 Å². The molecule has 2 rings (SSSR count). The van der Waals surface area contributed by atoms with Crippen molar-refractivity contribution < 1.29 is 19.5 Å². The number of hydrogen-bond acceptors (Lipinski definition) is 3. The molecule has 0 aromatic heterocycles. The van der Waals surface area contributed by atoms with Crippen LogP contribution in [0.3, 0.4) is 0 Å². The second-order valence-corrected chi connectivity index (χ2v) is 4.04. The second kappa shape index (κ2) is 4.18. The Bertz CT molecular complexity index is 526. The lowest BCUT2D eigenvalue weighted by Crippen LogP contribution is -2.26. The standard InChI is InChI=1S/C11H8ClNO4/c12-7-2-1-3-8(10(7)11(16)17)13-5-6(14)4-9(13)15/h1-3H,4-5H2,(H,16,17). The number of rotatable bonds is 2. The van der Waals surface area contributed by atoms with Gasteiger partial charge in [-0.1, -0.05) is 17.7 Å². The summed E-state index contributed by atoms with van der Waals surface area (Å²) in [5.41, 5.74) is 0.0121. The van der Waals surface area contributed by atoms with E-state index in [0.29, 0.717) is 0 Å². The first-order valence-corrected chi connectivity index (χ1v) is 5.22. The zero-order chi connectivity index (χ0) is 12.6. The van der Waals surface area contributed by atoms with Gasteiger partial charge in [0.2, 0.25) is 5.91 Å². The number of carboxylic acid groups (broad SMARTS) is 1. The van der Waals surface area contributed by atoms with Crippen molar-refractivity contribution in [2.75, 3.05) is 11.4 Å². The Balaban J connectivity index is 2.52. The summed E-state index contributed by atoms with van der Waals surface area (Å²) in [6.07, 6.45) is -0.189. The molecule has 1 saturated heterocycles. The number of amides is 1. The van der Waals surface area contributed by atoms with Crippen LogP contribution in [-0.2, 0) is 9.59 Å². The number of carbonyl (C=O) groups is 3. The predicted octanol–water partition coefficient (Wildman–Crippen LogP) is 1.34. The Labute approximate surface area is 102 Å². The third-order valence-corrected chi connectivity index (χ3v) is 2.80. The van der Waals surface area contributed by atoms with E-state index in [4.69, 9.17) is 16.7 Å². The van der Waals surface area contributed by atoms with Crippen molar-refractivity contribution in [3.63, 3.8) is 0 Å². The predicted molar refractivity (Wildman–Crippen MR) is 60.4 cm³/mol. The number of carbonyl (C=O) groups excluding carboxylic acids is 2. The fourth-order valence-corrected chi connectivity index (χ4v) is 2.00. The molecule has 1 aromatic carbocycles. The molecule has 1 heterocycles. The molecular formula is C11H8ClNO4. The summed E-state index contributed by atoms with van der Waals surface area (Å²) >= 11 is 5.78. The lowest BCUT2D eigenvalue weighted by atomic mass is 10.1. The fraction of sp³-hybridized carbons (Fsp3) is 0.182. The third kappa shape index (κ3) is 2.01. The van der Waals surface area contributed by atoms with E-state index < -0.39 is 11.9 Å². The van der Waals surface area contributed by atoms with Crippen LogP contribution in [0.1, 0.15) is 16.8 Å². The molecule has 1 N–H and O–H groups in total. The maximum Gasteiger partial charge on any atom is 0.339 e. The molecule has 0 unspecified atom stereocenters. The van der Waals surface area contributed by atoms with Gasteiger partial charge in [-0.3, -0.25) is 9.59 Å². The average Bonchev–Trinajstić information content (AvgIpc) is 2.56. The lowest BCUT2D eigenvalue weighted by Gasteiger charge is -2.17. The van der Waals surface area contributed by atoms with Crippen LogP contribution in [0.5, 0.6) is 0 Å². The maximum atomic E-state index is 11.5. The van der Waals surface area contributed by atoms with Crippen molar-refractivity contribution >= 4 is 34.9 Å². The molecule has 0 radical (unpaired) electrons. The second-order valence-electron chi connectivity index (χ2n) is 3.63. The van der Waals surface area contributed by atoms with Gasteiger partial charge in [-0.2, -0.15) is 0 Å². The first-order valence-electron chi connectivity index (χ1n) is 4.84. The molecule has 1 aliphatic rings. The first kappa shape index (κ1) is 11.6. The van der Waals surface area contributed by atoms with Crippen molar-refractivity contribution in [1.29, 1.82) is 0 Å². The molecule has 5 nitrogen and oxygen atoms in total. The molecule has 1 aromatic rings. The van der Waals surface area contributed by atoms with Crippen LogP contribution in [0.4, 0.5) is 5.69 Å². The number of hydrogen-bond donors (Lipinski definition) is 1. The number of Topliss-reactive ketones (excluding diaryl/α,β-unsaturated/α-hetero) is 1. The smallest absolute Gasteiger partial charge is 0.339 e. The molecule has 17 heavy (non-hydrogen) atoms. The van der Waals surface area contributed by atoms with Crippen LogP contribution in [-0.4, -0.2) is 29.3 Å². The Morgan fingerprint density at radius 3 is 2.59 bits per heavy atom. The molecule has 0 spiro atoms. The van der Waals surface area contributed by atoms with Gasteiger partial charge in [0.05, 0.1) is 23.7 Å². The molecule has 6 heteroatoms. The summed E-state index contributed by atoms with van der Waals surface area (Å²) in [7, 11) is 0. The normalized spacial score (nSPS) is 15.5. The van der Waals surface area contributed by atoms with Gasteiger partial charge in [0, 0.05) is 0 Å². The van der Waals surface area contributed by atoms with Gasteiger partial charge >= 0.3 is 5.97 Å². The van der Waals surface area contributed by atoms with E-state index in [2.05, 4.69) is 0 Å². The van der Waals surface area contributed by atoms with E-state index in [-0.39, 0.29) is 35.0 Å². The molecule has 1 fully saturated rings. The minimum Gasteiger partial charge on any atom is -0.478 e. The van der Waals surface area contributed by atoms with Crippen molar-refractivity contribution in [3.8, 4) is 0 Å². The molecule has 88 valence electrons. The van der Waals surface area contributed by atoms with Crippen LogP contribution in [0.15, 0.2) is 18.2 Å². The van der Waals surface area contributed by atoms with Crippen molar-refractivity contribution in [2.24, 2.45) is 0 Å². The minimum absolute atomic E-state index is 0.0437. The van der Waals surface area contributed by atoms with Gasteiger partial charge in [0.15, 0.2) is 5.78 Å². The van der Waals surface area contributed by atoms with Crippen LogP contribution < -0.4 is 4.90 Å². The van der Waals surface area contributed by atoms with E-state index in [1.807, 2.05) is 0 Å². The molecule has 1 amide bonds. The highest BCUT2D eigenvalue weighted by Gasteiger charge is 2.31. The quantitative estimate of drug-likeness (QED) is 0.807. The van der Waals surface area contributed by atoms with Gasteiger partial charge in [-0.05, 0) is 12.1 Å². The van der Waals surface area contributed by atoms with Crippen molar-refractivity contribution in [2.45, 2.75) is 6.42 Å². The van der Waals surface area contributed by atoms with Crippen LogP contribution in [0, 0.1) is 0 Å². The highest BCUT2D eigenvalue weighted by molar-refractivity contribution is 6.34. The summed E-state index contributed by atoms with van der Waals surface area (Å²) in [5.74, 6) is -1.86. The topological polar surface area (TPSA) is 74.7 Å². The highest BCUT2D eigenvalue weighted by Crippen LogP contribution is 2.29. The largest absolute Gasteiger partial charge is 0.478 e. The Kier molecular flexibility index (Phi) is 2.85. The van der Waals surface area contributed by atoms with Crippen molar-refractivity contribution in [1.82, 2.24) is 0 Å². The van der Waals surface area contributed by atoms with E-state index in [0.717, 1.165) is 4.90 Å². The molecule has 1 aliphatic heterocycles. The fourth-order valence-electron chi connectivity index (χ4n) is 1.75. The zero-order valence-electron chi connectivity index (χ0n) is 8.64. The minimum atomic E-state index is -1.22. The maximum absolute atomic E-state index is 11.5. The average molecular weight is 254 g/mol. The summed E-state index contributed by atoms with van der Waals surface area (Å²) < 4.78 is 0. The summed E-state index contributed by atoms with van der Waals surface area (Å²) in [5, 5.41) is 9.10. The van der Waals surface area contributed by atoms with E-state index in [1.54, 1.807) is 6.07 Å². The van der Waals surface area contributed by atoms with Gasteiger partial charge in [0.25, 0.3) is 0 Å². The Morgan fingerprint density at radius 1 is 1.35 bits per heavy atom. The monoisotopic (exact) mass is 253 g/mol. The number of halogens is 1. The summed E-state index contributed by atoms with van der Waals surface area (Å²) in [4.78, 5) is 34.9. The number of anilines is 1. The Hall–Kier alpha value is -1.88. The van der Waals surface area contributed by atoms with Crippen LogP contribution in [0.2, 0.25) is 5.02 Å². The Morgan fingerprint density at radius 2 is 2.06 bits per heavy atom. The number of benzene rings is 1. The number of nitrogens with zero attached hydrogens (tertiary/aromatic N) is 1. The molecular weight excluding hydrogens is 246 g/mol. The summed E-state index contributed by atoms with van der Waals surface area (Å²) in [6, 6.07) is 4.43. The van der Waals surface area contributed by atoms with Crippen molar-refractivity contribution in [3.05, 3.63) is 28.8 Å². The molecule has 0 aliphatic carbocycles. The van der Waals surface area contributed by atoms with Crippen LogP contribution >= 0.6 is 11.6 Å². The number of ketones is 1. The summed E-state index contributed by atoms with van der Waals surface area (Å²) in [6.45, 7) is -0.0978. The zero-order valence-corrected chi connectivity index (χ0v) is 9.40. The third-order valence-electron chi connectivity index (χ3n) is 2.48. The molecule has 0 saturated carbocycles. The first-order chi connectivity index (χ1) is 8.00. The molecule has 0 atom stereocenters. The molecule has 0 bridgehead atoms. The number of aromatic carboxylic acids is 1. The van der Waals surface area contributed by atoms with E-state index in [1.165, 1.54) is 12.1 Å². The van der Waals surface area contributed by atoms with Gasteiger partial charge < -0.3 is 10.0 Å². The van der Waals surface area contributed by atoms with Gasteiger partial charge in [0.1, 0.15) is 5.56 Å². The van der Waals surface area contributed by atoms with E-state index >= 15 is 0 Å². The SMILES string of the molecule is O=C1CC(=O)N(c2cccc(Cl)c2C(=O)O)C1. The van der Waals surface area contributed by atoms with Gasteiger partial charge in [-0.15, -0.1) is 0 Å². The lowest BCUT2D eigenvalue weighted by molar-refractivity contribution is -0.121.